The van der Waals surface area contributed by atoms with Gasteiger partial charge in [-0.2, -0.15) is 5.10 Å². The van der Waals surface area contributed by atoms with E-state index in [-0.39, 0.29) is 17.7 Å². The molecule has 3 aromatic heterocycles. The van der Waals surface area contributed by atoms with Gasteiger partial charge in [-0.15, -0.1) is 21.5 Å². The number of aryl methyl sites for hydroxylation is 2. The number of furan rings is 1. The van der Waals surface area contributed by atoms with Gasteiger partial charge in [-0.1, -0.05) is 41.6 Å². The van der Waals surface area contributed by atoms with E-state index in [1.807, 2.05) is 55.6 Å². The van der Waals surface area contributed by atoms with Crippen molar-refractivity contribution in [1.82, 2.24) is 20.2 Å². The lowest BCUT2D eigenvalue weighted by atomic mass is 10.0. The quantitative estimate of drug-likeness (QED) is 0.351. The van der Waals surface area contributed by atoms with E-state index in [9.17, 15) is 4.79 Å². The van der Waals surface area contributed by atoms with Gasteiger partial charge in [-0.25, -0.2) is 9.99 Å². The van der Waals surface area contributed by atoms with Gasteiger partial charge in [0.05, 0.1) is 34.9 Å². The van der Waals surface area contributed by atoms with Crippen LogP contribution in [0.1, 0.15) is 45.9 Å². The third-order valence-electron chi connectivity index (χ3n) is 5.19. The summed E-state index contributed by atoms with van der Waals surface area (Å²) in [6, 6.07) is 11.5. The van der Waals surface area contributed by atoms with Crippen LogP contribution in [0.3, 0.4) is 0 Å². The number of rotatable bonds is 7. The highest BCUT2D eigenvalue weighted by Crippen LogP contribution is 2.34. The van der Waals surface area contributed by atoms with Gasteiger partial charge in [0.15, 0.2) is 0 Å². The van der Waals surface area contributed by atoms with E-state index < -0.39 is 0 Å². The Morgan fingerprint density at radius 1 is 1.21 bits per heavy atom. The largest absolute Gasteiger partial charge is 0.467 e. The first-order valence-corrected chi connectivity index (χ1v) is 12.3. The molecule has 0 N–H and O–H groups in total. The second-order valence-corrected chi connectivity index (χ2v) is 9.66. The molecule has 0 saturated carbocycles. The third kappa shape index (κ3) is 4.91. The molecule has 0 spiro atoms. The Morgan fingerprint density at radius 2 is 2.06 bits per heavy atom. The average Bonchev–Trinajstić information content (AvgIpc) is 3.60. The van der Waals surface area contributed by atoms with Gasteiger partial charge < -0.3 is 8.83 Å². The van der Waals surface area contributed by atoms with Crippen LogP contribution in [0.15, 0.2) is 67.2 Å². The molecule has 4 heterocycles. The van der Waals surface area contributed by atoms with Crippen LogP contribution in [0.2, 0.25) is 0 Å². The highest BCUT2D eigenvalue weighted by Gasteiger charge is 2.35. The first-order valence-electron chi connectivity index (χ1n) is 10.4. The van der Waals surface area contributed by atoms with Gasteiger partial charge in [0.1, 0.15) is 11.8 Å². The summed E-state index contributed by atoms with van der Waals surface area (Å²) < 4.78 is 11.3. The van der Waals surface area contributed by atoms with E-state index in [4.69, 9.17) is 8.83 Å². The van der Waals surface area contributed by atoms with Gasteiger partial charge >= 0.3 is 0 Å². The molecule has 168 valence electrons. The normalized spacial score (nSPS) is 15.8. The number of carbonyl (C=O) groups excluding carboxylic acids is 1. The smallest absolute Gasteiger partial charge is 0.277 e. The first kappa shape index (κ1) is 21.6. The van der Waals surface area contributed by atoms with Crippen LogP contribution in [0.4, 0.5) is 0 Å². The fourth-order valence-electron chi connectivity index (χ4n) is 3.57. The zero-order valence-corrected chi connectivity index (χ0v) is 19.7. The van der Waals surface area contributed by atoms with Crippen LogP contribution in [-0.4, -0.2) is 37.6 Å². The SMILES string of the molecule is Cc1ccc(C2=NN(C(=O)CSc3nnc(Cc4csc(C)n4)o3)[C@H](c3ccco3)C2)cc1. The lowest BCUT2D eigenvalue weighted by molar-refractivity contribution is -0.130. The predicted octanol–water partition coefficient (Wildman–Crippen LogP) is 4.80. The van der Waals surface area contributed by atoms with E-state index >= 15 is 0 Å². The number of thioether (sulfide) groups is 1. The molecule has 0 bridgehead atoms. The average molecular weight is 480 g/mol. The summed E-state index contributed by atoms with van der Waals surface area (Å²) in [5.74, 6) is 1.15. The number of carbonyl (C=O) groups is 1. The molecule has 0 fully saturated rings. The number of benzene rings is 1. The molecule has 0 aliphatic carbocycles. The molecule has 1 aromatic carbocycles. The molecule has 1 atom stereocenters. The van der Waals surface area contributed by atoms with E-state index in [0.717, 1.165) is 22.0 Å². The number of amides is 1. The van der Waals surface area contributed by atoms with Crippen LogP contribution in [0, 0.1) is 13.8 Å². The van der Waals surface area contributed by atoms with E-state index in [1.54, 1.807) is 17.6 Å². The Hall–Kier alpha value is -3.24. The van der Waals surface area contributed by atoms with E-state index in [2.05, 4.69) is 20.3 Å². The first-order chi connectivity index (χ1) is 16.0. The standard InChI is InChI=1S/C23H21N5O3S2/c1-14-5-7-16(8-6-14)18-11-19(20-4-3-9-30-20)28(27-18)22(29)13-33-23-26-25-21(31-23)10-17-12-32-15(2)24-17/h3-9,12,19H,10-11,13H2,1-2H3/t19-/m0/s1. The van der Waals surface area contributed by atoms with Crippen molar-refractivity contribution in [2.24, 2.45) is 5.10 Å². The highest BCUT2D eigenvalue weighted by molar-refractivity contribution is 7.99. The van der Waals surface area contributed by atoms with Crippen LogP contribution >= 0.6 is 23.1 Å². The van der Waals surface area contributed by atoms with Crippen molar-refractivity contribution < 1.29 is 13.6 Å². The van der Waals surface area contributed by atoms with Crippen molar-refractivity contribution in [3.05, 3.63) is 81.5 Å². The third-order valence-corrected chi connectivity index (χ3v) is 6.81. The summed E-state index contributed by atoms with van der Waals surface area (Å²) in [5, 5.41) is 17.6. The zero-order chi connectivity index (χ0) is 22.8. The second-order valence-electron chi connectivity index (χ2n) is 7.67. The number of nitrogens with zero attached hydrogens (tertiary/aromatic N) is 5. The van der Waals surface area contributed by atoms with Gasteiger partial charge in [0, 0.05) is 11.8 Å². The van der Waals surface area contributed by atoms with Crippen LogP contribution in [0.25, 0.3) is 0 Å². The lowest BCUT2D eigenvalue weighted by Crippen LogP contribution is -2.28. The van der Waals surface area contributed by atoms with Crippen molar-refractivity contribution in [2.75, 3.05) is 5.75 Å². The summed E-state index contributed by atoms with van der Waals surface area (Å²) in [6.45, 7) is 4.00. The van der Waals surface area contributed by atoms with Gasteiger partial charge in [0.2, 0.25) is 5.89 Å². The molecular weight excluding hydrogens is 458 g/mol. The molecule has 0 saturated heterocycles. The number of thiazole rings is 1. The van der Waals surface area contributed by atoms with Gasteiger partial charge in [-0.05, 0) is 31.5 Å². The Bertz CT molecular complexity index is 1280. The molecule has 8 nitrogen and oxygen atoms in total. The monoisotopic (exact) mass is 479 g/mol. The minimum atomic E-state index is -0.282. The van der Waals surface area contributed by atoms with Crippen molar-refractivity contribution >= 4 is 34.7 Å². The van der Waals surface area contributed by atoms with Crippen LogP contribution in [0.5, 0.6) is 0 Å². The van der Waals surface area contributed by atoms with Crippen molar-refractivity contribution in [1.29, 1.82) is 0 Å². The fourth-order valence-corrected chi connectivity index (χ4v) is 4.81. The molecule has 33 heavy (non-hydrogen) atoms. The van der Waals surface area contributed by atoms with Gasteiger partial charge in [-0.3, -0.25) is 4.79 Å². The Kier molecular flexibility index (Phi) is 6.10. The summed E-state index contributed by atoms with van der Waals surface area (Å²) in [4.78, 5) is 17.5. The molecule has 0 unspecified atom stereocenters. The Morgan fingerprint density at radius 3 is 2.79 bits per heavy atom. The minimum Gasteiger partial charge on any atom is -0.467 e. The summed E-state index contributed by atoms with van der Waals surface area (Å²) >= 11 is 2.78. The molecule has 1 aliphatic heterocycles. The van der Waals surface area contributed by atoms with Crippen molar-refractivity contribution in [3.8, 4) is 0 Å². The molecule has 1 aliphatic rings. The second kappa shape index (κ2) is 9.32. The number of hydrogen-bond acceptors (Lipinski definition) is 9. The molecule has 4 aromatic rings. The molecule has 1 amide bonds. The summed E-state index contributed by atoms with van der Waals surface area (Å²) in [5.41, 5.74) is 3.92. The topological polar surface area (TPSA) is 97.6 Å². The fraction of sp³-hybridized carbons (Fsp3) is 0.261. The molecule has 5 rings (SSSR count). The molecule has 10 heteroatoms. The molecule has 0 radical (unpaired) electrons. The van der Waals surface area contributed by atoms with Crippen LogP contribution < -0.4 is 0 Å². The van der Waals surface area contributed by atoms with Gasteiger partial charge in [0.25, 0.3) is 11.1 Å². The maximum absolute atomic E-state index is 13.1. The minimum absolute atomic E-state index is 0.124. The number of hydrogen-bond donors (Lipinski definition) is 0. The summed E-state index contributed by atoms with van der Waals surface area (Å²) in [7, 11) is 0. The maximum Gasteiger partial charge on any atom is 0.277 e. The highest BCUT2D eigenvalue weighted by atomic mass is 32.2. The zero-order valence-electron chi connectivity index (χ0n) is 18.1. The summed E-state index contributed by atoms with van der Waals surface area (Å²) in [6.07, 6.45) is 2.67. The van der Waals surface area contributed by atoms with E-state index in [0.29, 0.717) is 29.7 Å². The number of aromatic nitrogens is 3. The maximum atomic E-state index is 13.1. The van der Waals surface area contributed by atoms with Crippen LogP contribution in [-0.2, 0) is 11.2 Å². The van der Waals surface area contributed by atoms with E-state index in [1.165, 1.54) is 22.3 Å². The Labute approximate surface area is 198 Å². The number of hydrazone groups is 1. The Balaban J connectivity index is 1.28. The van der Waals surface area contributed by atoms with Crippen molar-refractivity contribution in [3.63, 3.8) is 0 Å². The molecular formula is C23H21N5O3S2. The predicted molar refractivity (Wildman–Crippen MR) is 125 cm³/mol. The van der Waals surface area contributed by atoms with Crippen molar-refractivity contribution in [2.45, 2.75) is 38.0 Å². The lowest BCUT2D eigenvalue weighted by Gasteiger charge is -2.19.